The lowest BCUT2D eigenvalue weighted by atomic mass is 10.1. The molecule has 1 rings (SSSR count). The normalized spacial score (nSPS) is 12.4. The molecule has 0 fully saturated rings. The Kier molecular flexibility index (Phi) is 8.36. The molecule has 1 N–H and O–H groups in total. The van der Waals surface area contributed by atoms with Crippen molar-refractivity contribution in [3.8, 4) is 0 Å². The number of halogens is 1. The van der Waals surface area contributed by atoms with Gasteiger partial charge in [-0.05, 0) is 56.5 Å². The van der Waals surface area contributed by atoms with Gasteiger partial charge < -0.3 is 10.2 Å². The molecule has 0 heterocycles. The van der Waals surface area contributed by atoms with E-state index in [-0.39, 0.29) is 5.82 Å². The van der Waals surface area contributed by atoms with Crippen molar-refractivity contribution in [1.29, 1.82) is 0 Å². The lowest BCUT2D eigenvalue weighted by Gasteiger charge is -2.32. The summed E-state index contributed by atoms with van der Waals surface area (Å²) in [7, 11) is 0. The Morgan fingerprint density at radius 1 is 1.19 bits per heavy atom. The van der Waals surface area contributed by atoms with Gasteiger partial charge >= 0.3 is 0 Å². The Morgan fingerprint density at radius 2 is 1.95 bits per heavy atom. The van der Waals surface area contributed by atoms with Gasteiger partial charge in [-0.25, -0.2) is 4.39 Å². The molecule has 0 spiro atoms. The third-order valence-corrected chi connectivity index (χ3v) is 3.97. The van der Waals surface area contributed by atoms with Crippen LogP contribution in [0.15, 0.2) is 18.2 Å². The number of nitrogens with one attached hydrogen (secondary N) is 1. The van der Waals surface area contributed by atoms with E-state index in [9.17, 15) is 4.39 Å². The Hall–Kier alpha value is -1.09. The highest BCUT2D eigenvalue weighted by Gasteiger charge is 2.16. The summed E-state index contributed by atoms with van der Waals surface area (Å²) in [5, 5.41) is 3.39. The van der Waals surface area contributed by atoms with E-state index in [2.05, 4.69) is 37.9 Å². The molecular formula is C18H31FN2. The average Bonchev–Trinajstić information content (AvgIpc) is 2.49. The van der Waals surface area contributed by atoms with Crippen LogP contribution in [0.5, 0.6) is 0 Å². The average molecular weight is 294 g/mol. The number of anilines is 1. The van der Waals surface area contributed by atoms with Crippen LogP contribution < -0.4 is 10.2 Å². The molecule has 0 aliphatic heterocycles. The SMILES string of the molecule is CCCCN(c1ccc(F)cc1CNCCC)C(C)CC. The summed E-state index contributed by atoms with van der Waals surface area (Å²) in [6.07, 6.45) is 4.54. The lowest BCUT2D eigenvalue weighted by molar-refractivity contribution is 0.584. The van der Waals surface area contributed by atoms with Crippen LogP contribution in [0.25, 0.3) is 0 Å². The van der Waals surface area contributed by atoms with E-state index in [1.807, 2.05) is 6.07 Å². The van der Waals surface area contributed by atoms with Gasteiger partial charge in [0, 0.05) is 24.8 Å². The highest BCUT2D eigenvalue weighted by molar-refractivity contribution is 5.54. The van der Waals surface area contributed by atoms with Crippen LogP contribution in [-0.4, -0.2) is 19.1 Å². The second-order valence-corrected chi connectivity index (χ2v) is 5.75. The second-order valence-electron chi connectivity index (χ2n) is 5.75. The van der Waals surface area contributed by atoms with E-state index in [0.29, 0.717) is 6.04 Å². The molecule has 0 saturated heterocycles. The summed E-state index contributed by atoms with van der Waals surface area (Å²) in [6.45, 7) is 11.6. The Balaban J connectivity index is 2.98. The van der Waals surface area contributed by atoms with Gasteiger partial charge in [0.2, 0.25) is 0 Å². The fourth-order valence-corrected chi connectivity index (χ4v) is 2.50. The zero-order valence-electron chi connectivity index (χ0n) is 14.1. The van der Waals surface area contributed by atoms with Crippen molar-refractivity contribution in [2.45, 2.75) is 66.0 Å². The molecule has 1 unspecified atom stereocenters. The van der Waals surface area contributed by atoms with Gasteiger partial charge in [0.1, 0.15) is 5.82 Å². The molecule has 0 radical (unpaired) electrons. The van der Waals surface area contributed by atoms with Gasteiger partial charge in [0.25, 0.3) is 0 Å². The first-order valence-electron chi connectivity index (χ1n) is 8.39. The monoisotopic (exact) mass is 294 g/mol. The smallest absolute Gasteiger partial charge is 0.123 e. The summed E-state index contributed by atoms with van der Waals surface area (Å²) in [6, 6.07) is 5.69. The van der Waals surface area contributed by atoms with Crippen molar-refractivity contribution in [3.63, 3.8) is 0 Å². The number of rotatable bonds is 10. The Bertz CT molecular complexity index is 406. The van der Waals surface area contributed by atoms with Crippen molar-refractivity contribution in [2.24, 2.45) is 0 Å². The quantitative estimate of drug-likeness (QED) is 0.628. The first-order valence-corrected chi connectivity index (χ1v) is 8.39. The van der Waals surface area contributed by atoms with Crippen LogP contribution in [0.1, 0.15) is 58.9 Å². The number of benzene rings is 1. The van der Waals surface area contributed by atoms with E-state index in [0.717, 1.165) is 38.0 Å². The minimum atomic E-state index is -0.147. The standard InChI is InChI=1S/C18H31FN2/c1-5-8-12-21(15(4)7-3)18-10-9-17(19)13-16(18)14-20-11-6-2/h9-10,13,15,20H,5-8,11-12,14H2,1-4H3. The molecule has 0 amide bonds. The zero-order chi connectivity index (χ0) is 15.7. The van der Waals surface area contributed by atoms with E-state index in [1.165, 1.54) is 18.5 Å². The van der Waals surface area contributed by atoms with Gasteiger partial charge in [-0.2, -0.15) is 0 Å². The molecule has 0 aromatic heterocycles. The first-order chi connectivity index (χ1) is 10.1. The summed E-state index contributed by atoms with van der Waals surface area (Å²) >= 11 is 0. The Labute approximate surface area is 129 Å². The first kappa shape index (κ1) is 18.0. The maximum Gasteiger partial charge on any atom is 0.123 e. The zero-order valence-corrected chi connectivity index (χ0v) is 14.1. The maximum absolute atomic E-state index is 13.6. The second kappa shape index (κ2) is 9.78. The Morgan fingerprint density at radius 3 is 2.57 bits per heavy atom. The largest absolute Gasteiger partial charge is 0.369 e. The third-order valence-electron chi connectivity index (χ3n) is 3.97. The summed E-state index contributed by atoms with van der Waals surface area (Å²) in [5.41, 5.74) is 2.25. The molecule has 0 aliphatic rings. The van der Waals surface area contributed by atoms with Crippen LogP contribution in [-0.2, 0) is 6.54 Å². The van der Waals surface area contributed by atoms with Crippen LogP contribution in [0, 0.1) is 5.82 Å². The molecule has 1 atom stereocenters. The van der Waals surface area contributed by atoms with Gasteiger partial charge in [-0.1, -0.05) is 27.2 Å². The summed E-state index contributed by atoms with van der Waals surface area (Å²) in [4.78, 5) is 2.44. The third kappa shape index (κ3) is 5.66. The van der Waals surface area contributed by atoms with E-state index in [4.69, 9.17) is 0 Å². The number of hydrogen-bond acceptors (Lipinski definition) is 2. The molecule has 0 bridgehead atoms. The van der Waals surface area contributed by atoms with Gasteiger partial charge in [-0.3, -0.25) is 0 Å². The molecule has 0 saturated carbocycles. The topological polar surface area (TPSA) is 15.3 Å². The van der Waals surface area contributed by atoms with Crippen molar-refractivity contribution in [1.82, 2.24) is 5.32 Å². The number of nitrogens with zero attached hydrogens (tertiary/aromatic N) is 1. The lowest BCUT2D eigenvalue weighted by Crippen LogP contribution is -2.34. The molecule has 120 valence electrons. The summed E-state index contributed by atoms with van der Waals surface area (Å²) in [5.74, 6) is -0.147. The van der Waals surface area contributed by atoms with Crippen LogP contribution >= 0.6 is 0 Å². The van der Waals surface area contributed by atoms with Gasteiger partial charge in [0.05, 0.1) is 0 Å². The predicted octanol–water partition coefficient (Wildman–Crippen LogP) is 4.73. The van der Waals surface area contributed by atoms with Crippen molar-refractivity contribution < 1.29 is 4.39 Å². The fourth-order valence-electron chi connectivity index (χ4n) is 2.50. The molecule has 1 aromatic rings. The molecule has 3 heteroatoms. The van der Waals surface area contributed by atoms with Crippen LogP contribution in [0.3, 0.4) is 0 Å². The highest BCUT2D eigenvalue weighted by atomic mass is 19.1. The number of hydrogen-bond donors (Lipinski definition) is 1. The molecule has 2 nitrogen and oxygen atoms in total. The number of unbranched alkanes of at least 4 members (excludes halogenated alkanes) is 1. The van der Waals surface area contributed by atoms with Crippen molar-refractivity contribution in [3.05, 3.63) is 29.6 Å². The molecule has 1 aromatic carbocycles. The van der Waals surface area contributed by atoms with E-state index in [1.54, 1.807) is 12.1 Å². The van der Waals surface area contributed by atoms with Crippen LogP contribution in [0.4, 0.5) is 10.1 Å². The fraction of sp³-hybridized carbons (Fsp3) is 0.667. The van der Waals surface area contributed by atoms with Gasteiger partial charge in [0.15, 0.2) is 0 Å². The minimum absolute atomic E-state index is 0.147. The van der Waals surface area contributed by atoms with Crippen molar-refractivity contribution in [2.75, 3.05) is 18.0 Å². The maximum atomic E-state index is 13.6. The molecular weight excluding hydrogens is 263 g/mol. The molecule has 0 aliphatic carbocycles. The van der Waals surface area contributed by atoms with Crippen molar-refractivity contribution >= 4 is 5.69 Å². The predicted molar refractivity (Wildman–Crippen MR) is 90.4 cm³/mol. The minimum Gasteiger partial charge on any atom is -0.369 e. The van der Waals surface area contributed by atoms with Gasteiger partial charge in [-0.15, -0.1) is 0 Å². The van der Waals surface area contributed by atoms with E-state index < -0.39 is 0 Å². The van der Waals surface area contributed by atoms with E-state index >= 15 is 0 Å². The van der Waals surface area contributed by atoms with Crippen LogP contribution in [0.2, 0.25) is 0 Å². The summed E-state index contributed by atoms with van der Waals surface area (Å²) < 4.78 is 13.6. The highest BCUT2D eigenvalue weighted by Crippen LogP contribution is 2.25. The molecule has 21 heavy (non-hydrogen) atoms.